The molecule has 0 aliphatic carbocycles. The Morgan fingerprint density at radius 2 is 2.18 bits per heavy atom. The molecule has 0 atom stereocenters. The van der Waals surface area contributed by atoms with Crippen LogP contribution >= 0.6 is 22.9 Å². The highest BCUT2D eigenvalue weighted by molar-refractivity contribution is 7.09. The van der Waals surface area contributed by atoms with Crippen molar-refractivity contribution in [2.75, 3.05) is 11.9 Å². The highest BCUT2D eigenvalue weighted by atomic mass is 35.5. The maximum atomic E-state index is 5.92. The van der Waals surface area contributed by atoms with Crippen molar-refractivity contribution in [3.63, 3.8) is 0 Å². The molecule has 2 rings (SSSR count). The van der Waals surface area contributed by atoms with E-state index < -0.39 is 0 Å². The van der Waals surface area contributed by atoms with Gasteiger partial charge in [0.05, 0.1) is 11.2 Å². The zero-order chi connectivity index (χ0) is 12.3. The van der Waals surface area contributed by atoms with Gasteiger partial charge < -0.3 is 5.32 Å². The second-order valence-corrected chi connectivity index (χ2v) is 5.37. The van der Waals surface area contributed by atoms with Crippen molar-refractivity contribution in [3.8, 4) is 0 Å². The number of hydrogen-bond donors (Lipinski definition) is 1. The lowest BCUT2D eigenvalue weighted by atomic mass is 10.2. The quantitative estimate of drug-likeness (QED) is 0.902. The number of thiazole rings is 1. The van der Waals surface area contributed by atoms with Crippen molar-refractivity contribution in [2.24, 2.45) is 0 Å². The van der Waals surface area contributed by atoms with Gasteiger partial charge in [-0.3, -0.25) is 0 Å². The minimum atomic E-state index is 0.784. The SMILES string of the molecule is Cc1cc(Cl)ccc1NCCc1scnc1C. The summed E-state index contributed by atoms with van der Waals surface area (Å²) < 4.78 is 0. The standard InChI is InChI=1S/C13H15ClN2S/c1-9-7-11(14)3-4-12(9)15-6-5-13-10(2)16-8-17-13/h3-4,7-8,15H,5-6H2,1-2H3. The first-order valence-corrected chi connectivity index (χ1v) is 6.81. The van der Waals surface area contributed by atoms with Crippen LogP contribution in [0.3, 0.4) is 0 Å². The van der Waals surface area contributed by atoms with Crippen LogP contribution in [0.15, 0.2) is 23.7 Å². The van der Waals surface area contributed by atoms with Gasteiger partial charge in [0.15, 0.2) is 0 Å². The topological polar surface area (TPSA) is 24.9 Å². The summed E-state index contributed by atoms with van der Waals surface area (Å²) in [4.78, 5) is 5.60. The van der Waals surface area contributed by atoms with E-state index in [1.807, 2.05) is 23.7 Å². The average molecular weight is 267 g/mol. The Balaban J connectivity index is 1.92. The molecule has 0 saturated heterocycles. The van der Waals surface area contributed by atoms with Gasteiger partial charge in [0, 0.05) is 28.6 Å². The first kappa shape index (κ1) is 12.4. The fourth-order valence-corrected chi connectivity index (χ4v) is 2.71. The summed E-state index contributed by atoms with van der Waals surface area (Å²) in [5.41, 5.74) is 5.37. The van der Waals surface area contributed by atoms with E-state index in [9.17, 15) is 0 Å². The Morgan fingerprint density at radius 1 is 1.35 bits per heavy atom. The third-order valence-corrected chi connectivity index (χ3v) is 3.93. The molecule has 1 heterocycles. The van der Waals surface area contributed by atoms with Crippen molar-refractivity contribution < 1.29 is 0 Å². The minimum Gasteiger partial charge on any atom is -0.384 e. The molecule has 0 saturated carbocycles. The number of benzene rings is 1. The highest BCUT2D eigenvalue weighted by Crippen LogP contribution is 2.20. The second-order valence-electron chi connectivity index (χ2n) is 4.00. The van der Waals surface area contributed by atoms with Crippen LogP contribution in [0.25, 0.3) is 0 Å². The van der Waals surface area contributed by atoms with Crippen LogP contribution < -0.4 is 5.32 Å². The molecular weight excluding hydrogens is 252 g/mol. The summed E-state index contributed by atoms with van der Waals surface area (Å²) in [5.74, 6) is 0. The van der Waals surface area contributed by atoms with Gasteiger partial charge in [-0.1, -0.05) is 11.6 Å². The molecule has 0 unspecified atom stereocenters. The molecule has 90 valence electrons. The fraction of sp³-hybridized carbons (Fsp3) is 0.308. The van der Waals surface area contributed by atoms with Crippen LogP contribution in [0, 0.1) is 13.8 Å². The monoisotopic (exact) mass is 266 g/mol. The molecule has 2 nitrogen and oxygen atoms in total. The van der Waals surface area contributed by atoms with Crippen LogP contribution in [-0.4, -0.2) is 11.5 Å². The van der Waals surface area contributed by atoms with Crippen molar-refractivity contribution >= 4 is 28.6 Å². The number of aryl methyl sites for hydroxylation is 2. The van der Waals surface area contributed by atoms with E-state index in [2.05, 4.69) is 24.1 Å². The molecule has 1 N–H and O–H groups in total. The summed E-state index contributed by atoms with van der Waals surface area (Å²) >= 11 is 7.64. The molecule has 1 aromatic heterocycles. The van der Waals surface area contributed by atoms with E-state index in [1.54, 1.807) is 11.3 Å². The average Bonchev–Trinajstić information content (AvgIpc) is 2.68. The first-order valence-electron chi connectivity index (χ1n) is 5.56. The number of anilines is 1. The van der Waals surface area contributed by atoms with E-state index in [0.717, 1.165) is 29.4 Å². The molecule has 1 aromatic carbocycles. The van der Waals surface area contributed by atoms with Gasteiger partial charge in [-0.25, -0.2) is 4.98 Å². The molecule has 0 spiro atoms. The van der Waals surface area contributed by atoms with Gasteiger partial charge in [-0.2, -0.15) is 0 Å². The molecule has 0 aliphatic rings. The minimum absolute atomic E-state index is 0.784. The summed E-state index contributed by atoms with van der Waals surface area (Å²) in [6.45, 7) is 5.04. The summed E-state index contributed by atoms with van der Waals surface area (Å²) in [6, 6.07) is 5.91. The molecule has 0 aliphatic heterocycles. The van der Waals surface area contributed by atoms with Crippen LogP contribution in [-0.2, 0) is 6.42 Å². The molecule has 2 aromatic rings. The number of nitrogens with zero attached hydrogens (tertiary/aromatic N) is 1. The molecular formula is C13H15ClN2S. The zero-order valence-corrected chi connectivity index (χ0v) is 11.5. The molecule has 17 heavy (non-hydrogen) atoms. The Kier molecular flexibility index (Phi) is 4.02. The highest BCUT2D eigenvalue weighted by Gasteiger charge is 2.02. The van der Waals surface area contributed by atoms with E-state index in [1.165, 1.54) is 10.4 Å². The first-order chi connectivity index (χ1) is 8.16. The predicted molar refractivity (Wildman–Crippen MR) is 75.2 cm³/mol. The molecule has 0 radical (unpaired) electrons. The summed E-state index contributed by atoms with van der Waals surface area (Å²) in [7, 11) is 0. The largest absolute Gasteiger partial charge is 0.384 e. The molecule has 0 fully saturated rings. The van der Waals surface area contributed by atoms with Crippen LogP contribution in [0.5, 0.6) is 0 Å². The van der Waals surface area contributed by atoms with Gasteiger partial charge in [-0.15, -0.1) is 11.3 Å². The lowest BCUT2D eigenvalue weighted by Gasteiger charge is -2.09. The van der Waals surface area contributed by atoms with Crippen LogP contribution in [0.1, 0.15) is 16.1 Å². The lowest BCUT2D eigenvalue weighted by molar-refractivity contribution is 1.01. The lowest BCUT2D eigenvalue weighted by Crippen LogP contribution is -2.05. The Labute approximate surface area is 111 Å². The van der Waals surface area contributed by atoms with Gasteiger partial charge >= 0.3 is 0 Å². The number of rotatable bonds is 4. The third-order valence-electron chi connectivity index (χ3n) is 2.70. The fourth-order valence-electron chi connectivity index (χ4n) is 1.70. The number of aromatic nitrogens is 1. The normalized spacial score (nSPS) is 10.5. The van der Waals surface area contributed by atoms with Crippen LogP contribution in [0.2, 0.25) is 5.02 Å². The van der Waals surface area contributed by atoms with Gasteiger partial charge in [0.2, 0.25) is 0 Å². The van der Waals surface area contributed by atoms with E-state index in [-0.39, 0.29) is 0 Å². The maximum absolute atomic E-state index is 5.92. The summed E-state index contributed by atoms with van der Waals surface area (Å²) in [5, 5.41) is 4.21. The Bertz CT molecular complexity index is 508. The zero-order valence-electron chi connectivity index (χ0n) is 9.96. The maximum Gasteiger partial charge on any atom is 0.0797 e. The second kappa shape index (κ2) is 5.52. The van der Waals surface area contributed by atoms with Crippen molar-refractivity contribution in [1.29, 1.82) is 0 Å². The van der Waals surface area contributed by atoms with Gasteiger partial charge in [0.1, 0.15) is 0 Å². The van der Waals surface area contributed by atoms with E-state index in [0.29, 0.717) is 0 Å². The summed E-state index contributed by atoms with van der Waals surface area (Å²) in [6.07, 6.45) is 1.01. The Hall–Kier alpha value is -1.06. The number of nitrogens with one attached hydrogen (secondary N) is 1. The molecule has 0 bridgehead atoms. The van der Waals surface area contributed by atoms with Gasteiger partial charge in [0.25, 0.3) is 0 Å². The van der Waals surface area contributed by atoms with E-state index >= 15 is 0 Å². The third kappa shape index (κ3) is 3.20. The Morgan fingerprint density at radius 3 is 2.82 bits per heavy atom. The number of halogens is 1. The molecule has 4 heteroatoms. The van der Waals surface area contributed by atoms with Crippen LogP contribution in [0.4, 0.5) is 5.69 Å². The van der Waals surface area contributed by atoms with Gasteiger partial charge in [-0.05, 0) is 37.6 Å². The molecule has 0 amide bonds. The van der Waals surface area contributed by atoms with Crippen molar-refractivity contribution in [2.45, 2.75) is 20.3 Å². The van der Waals surface area contributed by atoms with E-state index in [4.69, 9.17) is 11.6 Å². The van der Waals surface area contributed by atoms with Crippen molar-refractivity contribution in [3.05, 3.63) is 44.9 Å². The number of hydrogen-bond acceptors (Lipinski definition) is 3. The van der Waals surface area contributed by atoms with Crippen molar-refractivity contribution in [1.82, 2.24) is 4.98 Å². The smallest absolute Gasteiger partial charge is 0.0797 e. The predicted octanol–water partition coefficient (Wildman–Crippen LogP) is 4.07.